The van der Waals surface area contributed by atoms with Crippen molar-refractivity contribution in [1.29, 1.82) is 0 Å². The van der Waals surface area contributed by atoms with E-state index < -0.39 is 0 Å². The van der Waals surface area contributed by atoms with Crippen molar-refractivity contribution >= 4 is 0 Å². The highest BCUT2D eigenvalue weighted by molar-refractivity contribution is 4.83. The molecule has 0 bridgehead atoms. The van der Waals surface area contributed by atoms with Gasteiger partial charge in [0.05, 0.1) is 0 Å². The van der Waals surface area contributed by atoms with Crippen molar-refractivity contribution < 1.29 is 0 Å². The van der Waals surface area contributed by atoms with Crippen molar-refractivity contribution in [3.8, 4) is 0 Å². The van der Waals surface area contributed by atoms with Crippen molar-refractivity contribution in [3.05, 3.63) is 0 Å². The molecule has 0 aromatic rings. The third kappa shape index (κ3) is 4.59. The Morgan fingerprint density at radius 3 is 2.41 bits per heavy atom. The molecule has 2 nitrogen and oxygen atoms in total. The standard InChI is InChI=1S/C15H30N2/c1-3-13(4-2)10-17(11-14-7-8-14)12-15-6-5-9-16-15/h13-16H,3-12H2,1-2H3. The van der Waals surface area contributed by atoms with Crippen molar-refractivity contribution in [2.75, 3.05) is 26.2 Å². The molecule has 1 unspecified atom stereocenters. The minimum absolute atomic E-state index is 0.781. The molecular formula is C15H30N2. The van der Waals surface area contributed by atoms with Gasteiger partial charge in [0.1, 0.15) is 0 Å². The molecule has 17 heavy (non-hydrogen) atoms. The zero-order chi connectivity index (χ0) is 12.1. The van der Waals surface area contributed by atoms with Crippen LogP contribution in [0.5, 0.6) is 0 Å². The summed E-state index contributed by atoms with van der Waals surface area (Å²) in [6.07, 6.45) is 8.43. The maximum atomic E-state index is 3.65. The van der Waals surface area contributed by atoms with Crippen LogP contribution in [0.3, 0.4) is 0 Å². The molecule has 0 radical (unpaired) electrons. The van der Waals surface area contributed by atoms with E-state index in [0.29, 0.717) is 0 Å². The summed E-state index contributed by atoms with van der Waals surface area (Å²) >= 11 is 0. The van der Waals surface area contributed by atoms with Crippen molar-refractivity contribution in [1.82, 2.24) is 10.2 Å². The van der Waals surface area contributed by atoms with Gasteiger partial charge in [0, 0.05) is 25.7 Å². The fourth-order valence-corrected chi connectivity index (χ4v) is 3.03. The number of hydrogen-bond donors (Lipinski definition) is 1. The van der Waals surface area contributed by atoms with Crippen molar-refractivity contribution in [2.24, 2.45) is 11.8 Å². The topological polar surface area (TPSA) is 15.3 Å². The average molecular weight is 238 g/mol. The Balaban J connectivity index is 1.77. The van der Waals surface area contributed by atoms with E-state index in [4.69, 9.17) is 0 Å². The Bertz CT molecular complexity index is 199. The van der Waals surface area contributed by atoms with E-state index in [1.54, 1.807) is 0 Å². The van der Waals surface area contributed by atoms with Gasteiger partial charge in [-0.3, -0.25) is 0 Å². The van der Waals surface area contributed by atoms with Crippen molar-refractivity contribution in [3.63, 3.8) is 0 Å². The first-order valence-corrected chi connectivity index (χ1v) is 7.77. The van der Waals surface area contributed by atoms with E-state index in [1.807, 2.05) is 0 Å². The second-order valence-electron chi connectivity index (χ2n) is 6.14. The first-order valence-electron chi connectivity index (χ1n) is 7.77. The van der Waals surface area contributed by atoms with Crippen LogP contribution in [0.1, 0.15) is 52.4 Å². The van der Waals surface area contributed by atoms with Gasteiger partial charge in [-0.05, 0) is 44.1 Å². The van der Waals surface area contributed by atoms with Gasteiger partial charge in [-0.1, -0.05) is 26.7 Å². The quantitative estimate of drug-likeness (QED) is 0.699. The van der Waals surface area contributed by atoms with E-state index in [0.717, 1.165) is 17.9 Å². The number of nitrogens with zero attached hydrogens (tertiary/aromatic N) is 1. The van der Waals surface area contributed by atoms with Crippen LogP contribution in [0, 0.1) is 11.8 Å². The van der Waals surface area contributed by atoms with E-state index >= 15 is 0 Å². The lowest BCUT2D eigenvalue weighted by molar-refractivity contribution is 0.199. The third-order valence-corrected chi connectivity index (χ3v) is 4.53. The smallest absolute Gasteiger partial charge is 0.0195 e. The van der Waals surface area contributed by atoms with Gasteiger partial charge in [-0.25, -0.2) is 0 Å². The van der Waals surface area contributed by atoms with Gasteiger partial charge in [0.2, 0.25) is 0 Å². The minimum atomic E-state index is 0.781. The predicted molar refractivity (Wildman–Crippen MR) is 74.3 cm³/mol. The van der Waals surface area contributed by atoms with Crippen LogP contribution in [0.15, 0.2) is 0 Å². The van der Waals surface area contributed by atoms with Crippen LogP contribution in [-0.2, 0) is 0 Å². The first-order chi connectivity index (χ1) is 8.31. The predicted octanol–water partition coefficient (Wildman–Crippen LogP) is 2.89. The maximum Gasteiger partial charge on any atom is 0.0195 e. The molecule has 1 atom stereocenters. The molecule has 0 spiro atoms. The molecule has 0 aromatic carbocycles. The van der Waals surface area contributed by atoms with E-state index in [-0.39, 0.29) is 0 Å². The number of rotatable bonds is 8. The Morgan fingerprint density at radius 2 is 1.88 bits per heavy atom. The number of hydrogen-bond acceptors (Lipinski definition) is 2. The van der Waals surface area contributed by atoms with Gasteiger partial charge in [0.25, 0.3) is 0 Å². The zero-order valence-corrected chi connectivity index (χ0v) is 11.8. The van der Waals surface area contributed by atoms with Crippen LogP contribution in [0.25, 0.3) is 0 Å². The fraction of sp³-hybridized carbons (Fsp3) is 1.00. The van der Waals surface area contributed by atoms with Crippen LogP contribution < -0.4 is 5.32 Å². The summed E-state index contributed by atoms with van der Waals surface area (Å²) in [6, 6.07) is 0.781. The lowest BCUT2D eigenvalue weighted by Crippen LogP contribution is -2.40. The van der Waals surface area contributed by atoms with Crippen LogP contribution in [0.4, 0.5) is 0 Å². The first kappa shape index (κ1) is 13.4. The highest BCUT2D eigenvalue weighted by Crippen LogP contribution is 2.30. The molecule has 1 saturated carbocycles. The average Bonchev–Trinajstić information content (AvgIpc) is 3.00. The molecule has 2 fully saturated rings. The molecule has 0 amide bonds. The fourth-order valence-electron chi connectivity index (χ4n) is 3.03. The van der Waals surface area contributed by atoms with Gasteiger partial charge < -0.3 is 10.2 Å². The summed E-state index contributed by atoms with van der Waals surface area (Å²) in [4.78, 5) is 2.76. The van der Waals surface area contributed by atoms with E-state index in [9.17, 15) is 0 Å². The summed E-state index contributed by atoms with van der Waals surface area (Å²) in [5.41, 5.74) is 0. The maximum absolute atomic E-state index is 3.65. The molecule has 2 heteroatoms. The third-order valence-electron chi connectivity index (χ3n) is 4.53. The molecular weight excluding hydrogens is 208 g/mol. The molecule has 1 heterocycles. The molecule has 2 aliphatic rings. The van der Waals surface area contributed by atoms with Gasteiger partial charge >= 0.3 is 0 Å². The van der Waals surface area contributed by atoms with Crippen LogP contribution in [0.2, 0.25) is 0 Å². The van der Waals surface area contributed by atoms with E-state index in [1.165, 1.54) is 64.7 Å². The normalized spacial score (nSPS) is 25.1. The van der Waals surface area contributed by atoms with Crippen LogP contribution >= 0.6 is 0 Å². The molecule has 2 rings (SSSR count). The Morgan fingerprint density at radius 1 is 1.12 bits per heavy atom. The van der Waals surface area contributed by atoms with Gasteiger partial charge in [-0.2, -0.15) is 0 Å². The second kappa shape index (κ2) is 6.75. The molecule has 1 aliphatic heterocycles. The lowest BCUT2D eigenvalue weighted by atomic mass is 10.0. The molecule has 0 aromatic heterocycles. The van der Waals surface area contributed by atoms with Crippen molar-refractivity contribution in [2.45, 2.75) is 58.4 Å². The Hall–Kier alpha value is -0.0800. The van der Waals surface area contributed by atoms with Gasteiger partial charge in [0.15, 0.2) is 0 Å². The van der Waals surface area contributed by atoms with Gasteiger partial charge in [-0.15, -0.1) is 0 Å². The monoisotopic (exact) mass is 238 g/mol. The summed E-state index contributed by atoms with van der Waals surface area (Å²) in [5, 5.41) is 3.65. The molecule has 1 saturated heterocycles. The number of nitrogens with one attached hydrogen (secondary N) is 1. The minimum Gasteiger partial charge on any atom is -0.313 e. The largest absolute Gasteiger partial charge is 0.313 e. The highest BCUT2D eigenvalue weighted by atomic mass is 15.2. The Labute approximate surface area is 107 Å². The summed E-state index contributed by atoms with van der Waals surface area (Å²) in [5.74, 6) is 1.95. The highest BCUT2D eigenvalue weighted by Gasteiger charge is 2.27. The molecule has 100 valence electrons. The molecule has 1 N–H and O–H groups in total. The summed E-state index contributed by atoms with van der Waals surface area (Å²) < 4.78 is 0. The summed E-state index contributed by atoms with van der Waals surface area (Å²) in [7, 11) is 0. The van der Waals surface area contributed by atoms with Crippen LogP contribution in [-0.4, -0.2) is 37.1 Å². The van der Waals surface area contributed by atoms with E-state index in [2.05, 4.69) is 24.1 Å². The second-order valence-corrected chi connectivity index (χ2v) is 6.14. The molecule has 1 aliphatic carbocycles. The SMILES string of the molecule is CCC(CC)CN(CC1CC1)CC1CCCN1. The zero-order valence-electron chi connectivity index (χ0n) is 11.8. The Kier molecular flexibility index (Phi) is 5.30. The summed E-state index contributed by atoms with van der Waals surface area (Å²) in [6.45, 7) is 9.94. The lowest BCUT2D eigenvalue weighted by Gasteiger charge is -2.29.